The summed E-state index contributed by atoms with van der Waals surface area (Å²) in [4.78, 5) is 13.6. The fraction of sp³-hybridized carbons (Fsp3) is 0.385. The zero-order valence-corrected chi connectivity index (χ0v) is 24.0. The van der Waals surface area contributed by atoms with E-state index in [4.69, 9.17) is 16.3 Å². The molecule has 0 spiro atoms. The Bertz CT molecular complexity index is 1390. The summed E-state index contributed by atoms with van der Waals surface area (Å²) >= 11 is 6.39. The summed E-state index contributed by atoms with van der Waals surface area (Å²) in [7, 11) is 1.82. The second-order valence-electron chi connectivity index (χ2n) is 9.54. The first-order valence-corrected chi connectivity index (χ1v) is 14.4. The van der Waals surface area contributed by atoms with Gasteiger partial charge in [0, 0.05) is 44.0 Å². The van der Waals surface area contributed by atoms with E-state index in [0.717, 1.165) is 25.0 Å². The van der Waals surface area contributed by atoms with Crippen molar-refractivity contribution in [2.75, 3.05) is 60.4 Å². The molecule has 204 valence electrons. The number of sulfonamides is 1. The molecule has 12 heteroatoms. The normalized spacial score (nSPS) is 18.2. The third-order valence-corrected chi connectivity index (χ3v) is 8.36. The Morgan fingerprint density at radius 3 is 2.42 bits per heavy atom. The third-order valence-electron chi connectivity index (χ3n) is 6.89. The Hall–Kier alpha value is -3.28. The molecule has 1 saturated heterocycles. The molecule has 1 aliphatic heterocycles. The molecule has 2 unspecified atom stereocenters. The Kier molecular flexibility index (Phi) is 8.19. The summed E-state index contributed by atoms with van der Waals surface area (Å²) in [6, 6.07) is 13.9. The van der Waals surface area contributed by atoms with Crippen LogP contribution in [0.4, 0.5) is 34.5 Å². The number of para-hydroxylation sites is 2. The van der Waals surface area contributed by atoms with Crippen LogP contribution in [0, 0.1) is 0 Å². The zero-order chi connectivity index (χ0) is 27.6. The van der Waals surface area contributed by atoms with Crippen molar-refractivity contribution >= 4 is 56.1 Å². The number of halogens is 1. The molecule has 2 atom stereocenters. The third kappa shape index (κ3) is 6.06. The first kappa shape index (κ1) is 27.7. The Morgan fingerprint density at radius 1 is 1.08 bits per heavy atom. The van der Waals surface area contributed by atoms with Crippen molar-refractivity contribution < 1.29 is 13.2 Å². The minimum atomic E-state index is -3.46. The summed E-state index contributed by atoms with van der Waals surface area (Å²) in [5.74, 6) is 1.29. The molecule has 38 heavy (non-hydrogen) atoms. The van der Waals surface area contributed by atoms with Gasteiger partial charge >= 0.3 is 0 Å². The quantitative estimate of drug-likeness (QED) is 0.411. The molecule has 3 aromatic rings. The number of ether oxygens (including phenoxy) is 1. The maximum absolute atomic E-state index is 12.1. The maximum Gasteiger partial charge on any atom is 0.232 e. The van der Waals surface area contributed by atoms with Crippen molar-refractivity contribution in [3.63, 3.8) is 0 Å². The minimum absolute atomic E-state index is 0.285. The Balaban J connectivity index is 1.57. The highest BCUT2D eigenvalue weighted by Crippen LogP contribution is 2.35. The van der Waals surface area contributed by atoms with Crippen LogP contribution in [0.5, 0.6) is 5.75 Å². The molecule has 2 heterocycles. The maximum atomic E-state index is 12.1. The van der Waals surface area contributed by atoms with Gasteiger partial charge in [-0.2, -0.15) is 4.98 Å². The number of rotatable bonds is 8. The number of likely N-dealkylation sites (N-methyl/N-ethyl adjacent to an activating group) is 1. The van der Waals surface area contributed by atoms with Crippen LogP contribution < -0.4 is 24.6 Å². The molecule has 1 aliphatic rings. The van der Waals surface area contributed by atoms with Crippen molar-refractivity contribution in [2.45, 2.75) is 25.9 Å². The number of hydrogen-bond acceptors (Lipinski definition) is 9. The van der Waals surface area contributed by atoms with Crippen LogP contribution in [0.15, 0.2) is 48.7 Å². The number of piperazine rings is 1. The SMILES string of the molecule is COc1cc(N2CC(C)N(C)C(C)C2)ccc1Nc1ncc(Cl)c(Nc2ccccc2N(C)S(C)(=O)=O)n1. The monoisotopic (exact) mass is 559 g/mol. The van der Waals surface area contributed by atoms with Crippen LogP contribution >= 0.6 is 11.6 Å². The lowest BCUT2D eigenvalue weighted by Crippen LogP contribution is -2.55. The first-order chi connectivity index (χ1) is 18.0. The zero-order valence-electron chi connectivity index (χ0n) is 22.4. The van der Waals surface area contributed by atoms with Crippen LogP contribution in [0.3, 0.4) is 0 Å². The summed E-state index contributed by atoms with van der Waals surface area (Å²) in [6.07, 6.45) is 2.63. The van der Waals surface area contributed by atoms with E-state index in [2.05, 4.69) is 57.4 Å². The number of benzene rings is 2. The molecular weight excluding hydrogens is 526 g/mol. The van der Waals surface area contributed by atoms with E-state index in [1.54, 1.807) is 31.4 Å². The fourth-order valence-corrected chi connectivity index (χ4v) is 5.05. The lowest BCUT2D eigenvalue weighted by Gasteiger charge is -2.43. The van der Waals surface area contributed by atoms with Crippen molar-refractivity contribution in [1.29, 1.82) is 0 Å². The lowest BCUT2D eigenvalue weighted by molar-refractivity contribution is 0.170. The summed E-state index contributed by atoms with van der Waals surface area (Å²) < 4.78 is 31.1. The molecule has 1 aromatic heterocycles. The van der Waals surface area contributed by atoms with Crippen molar-refractivity contribution in [1.82, 2.24) is 14.9 Å². The van der Waals surface area contributed by atoms with Gasteiger partial charge in [0.05, 0.1) is 36.6 Å². The topological polar surface area (TPSA) is 103 Å². The molecule has 0 amide bonds. The molecular formula is C26H34ClN7O3S. The highest BCUT2D eigenvalue weighted by atomic mass is 35.5. The van der Waals surface area contributed by atoms with Gasteiger partial charge in [0.1, 0.15) is 10.8 Å². The Morgan fingerprint density at radius 2 is 1.76 bits per heavy atom. The van der Waals surface area contributed by atoms with E-state index in [9.17, 15) is 8.42 Å². The van der Waals surface area contributed by atoms with Crippen LogP contribution in [0.25, 0.3) is 0 Å². The van der Waals surface area contributed by atoms with E-state index >= 15 is 0 Å². The molecule has 0 saturated carbocycles. The standard InChI is InChI=1S/C26H34ClN7O3S/c1-17-15-34(16-18(2)32(17)3)19-11-12-22(24(13-19)37-5)30-26-28-14-20(27)25(31-26)29-21-9-7-8-10-23(21)33(4)38(6,35)36/h7-14,17-18H,15-16H2,1-6H3,(H2,28,29,30,31). The van der Waals surface area contributed by atoms with Gasteiger partial charge in [-0.05, 0) is 45.2 Å². The largest absolute Gasteiger partial charge is 0.494 e. The smallest absolute Gasteiger partial charge is 0.232 e. The van der Waals surface area contributed by atoms with Crippen molar-refractivity contribution in [2.24, 2.45) is 0 Å². The van der Waals surface area contributed by atoms with Gasteiger partial charge < -0.3 is 20.3 Å². The van der Waals surface area contributed by atoms with Crippen LogP contribution in [0.2, 0.25) is 5.02 Å². The molecule has 4 rings (SSSR count). The van der Waals surface area contributed by atoms with Crippen molar-refractivity contribution in [3.05, 3.63) is 53.7 Å². The van der Waals surface area contributed by atoms with E-state index in [1.165, 1.54) is 17.5 Å². The number of nitrogens with zero attached hydrogens (tertiary/aromatic N) is 5. The molecule has 10 nitrogen and oxygen atoms in total. The van der Waals surface area contributed by atoms with E-state index in [-0.39, 0.29) is 5.02 Å². The number of anilines is 6. The summed E-state index contributed by atoms with van der Waals surface area (Å²) in [5, 5.41) is 6.64. The summed E-state index contributed by atoms with van der Waals surface area (Å²) in [5.41, 5.74) is 2.79. The average Bonchev–Trinajstić information content (AvgIpc) is 2.88. The molecule has 1 fully saturated rings. The fourth-order valence-electron chi connectivity index (χ4n) is 4.39. The predicted molar refractivity (Wildman–Crippen MR) is 155 cm³/mol. The highest BCUT2D eigenvalue weighted by Gasteiger charge is 2.27. The number of nitrogens with one attached hydrogen (secondary N) is 2. The second kappa shape index (κ2) is 11.2. The van der Waals surface area contributed by atoms with Gasteiger partial charge in [-0.25, -0.2) is 13.4 Å². The number of methoxy groups -OCH3 is 1. The molecule has 0 bridgehead atoms. The van der Waals surface area contributed by atoms with Gasteiger partial charge in [0.15, 0.2) is 5.82 Å². The molecule has 0 radical (unpaired) electrons. The number of aromatic nitrogens is 2. The predicted octanol–water partition coefficient (Wildman–Crippen LogP) is 4.55. The van der Waals surface area contributed by atoms with E-state index in [0.29, 0.717) is 46.7 Å². The van der Waals surface area contributed by atoms with Crippen LogP contribution in [-0.4, -0.2) is 75.9 Å². The van der Waals surface area contributed by atoms with Gasteiger partial charge in [-0.3, -0.25) is 9.21 Å². The van der Waals surface area contributed by atoms with Gasteiger partial charge in [-0.15, -0.1) is 0 Å². The van der Waals surface area contributed by atoms with Gasteiger partial charge in [-0.1, -0.05) is 23.7 Å². The van der Waals surface area contributed by atoms with Crippen LogP contribution in [0.1, 0.15) is 13.8 Å². The summed E-state index contributed by atoms with van der Waals surface area (Å²) in [6.45, 7) is 6.33. The van der Waals surface area contributed by atoms with Crippen molar-refractivity contribution in [3.8, 4) is 5.75 Å². The second-order valence-corrected chi connectivity index (χ2v) is 12.0. The number of hydrogen-bond donors (Lipinski definition) is 2. The average molecular weight is 560 g/mol. The van der Waals surface area contributed by atoms with E-state index < -0.39 is 10.0 Å². The van der Waals surface area contributed by atoms with Gasteiger partial charge in [0.2, 0.25) is 16.0 Å². The molecule has 2 N–H and O–H groups in total. The minimum Gasteiger partial charge on any atom is -0.494 e. The lowest BCUT2D eigenvalue weighted by atomic mass is 10.1. The molecule has 0 aliphatic carbocycles. The highest BCUT2D eigenvalue weighted by molar-refractivity contribution is 7.92. The van der Waals surface area contributed by atoms with Gasteiger partial charge in [0.25, 0.3) is 0 Å². The molecule has 2 aromatic carbocycles. The van der Waals surface area contributed by atoms with E-state index in [1.807, 2.05) is 12.1 Å². The Labute approximate surface area is 229 Å². The van der Waals surface area contributed by atoms with Crippen LogP contribution in [-0.2, 0) is 10.0 Å². The first-order valence-electron chi connectivity index (χ1n) is 12.2.